The van der Waals surface area contributed by atoms with E-state index in [0.29, 0.717) is 33.4 Å². The van der Waals surface area contributed by atoms with Gasteiger partial charge in [0.05, 0.1) is 16.6 Å². The van der Waals surface area contributed by atoms with Gasteiger partial charge in [-0.1, -0.05) is 30.1 Å². The maximum atomic E-state index is 13.0. The molecule has 0 saturated carbocycles. The summed E-state index contributed by atoms with van der Waals surface area (Å²) in [6.45, 7) is 9.35. The Hall–Kier alpha value is -2.55. The van der Waals surface area contributed by atoms with Crippen molar-refractivity contribution in [1.82, 2.24) is 20.1 Å². The molecule has 2 aromatic rings. The third kappa shape index (κ3) is 5.52. The van der Waals surface area contributed by atoms with Crippen molar-refractivity contribution < 1.29 is 4.79 Å². The molecule has 0 aliphatic carbocycles. The number of likely N-dealkylation sites (tertiary alicyclic amines) is 1. The zero-order chi connectivity index (χ0) is 26.1. The summed E-state index contributed by atoms with van der Waals surface area (Å²) in [5.74, 6) is 1.70. The molecule has 0 bridgehead atoms. The molecule has 8 nitrogen and oxygen atoms in total. The zero-order valence-electron chi connectivity index (χ0n) is 21.5. The summed E-state index contributed by atoms with van der Waals surface area (Å²) in [4.78, 5) is 29.3. The van der Waals surface area contributed by atoms with Crippen LogP contribution in [-0.2, 0) is 0 Å². The standard InChI is InChI=1S/C27H35Cl2N7O/c1-3-20-16-35(26-23(29)12-18(15-32-26)25-31-14-17(2)33-25)10-11-36(20)21-6-8-34(9-7-21)27(37)22-5-4-19(28)13-24(22)30/h4-5,12-13,15,17,20-21H,3,6-11,14,16,30H2,1-2H3,(H,31,33)/t17?,20-/m0/s1. The van der Waals surface area contributed by atoms with Crippen LogP contribution in [0.1, 0.15) is 49.0 Å². The number of nitrogens with two attached hydrogens (primary N) is 1. The van der Waals surface area contributed by atoms with Crippen LogP contribution in [0.5, 0.6) is 0 Å². The lowest BCUT2D eigenvalue weighted by atomic mass is 9.97. The van der Waals surface area contributed by atoms with Gasteiger partial charge < -0.3 is 20.9 Å². The molecule has 1 amide bonds. The van der Waals surface area contributed by atoms with E-state index in [2.05, 4.69) is 34.0 Å². The number of nitrogen functional groups attached to an aromatic ring is 1. The number of carbonyl (C=O) groups is 1. The number of anilines is 2. The Morgan fingerprint density at radius 2 is 1.95 bits per heavy atom. The fourth-order valence-electron chi connectivity index (χ4n) is 5.73. The summed E-state index contributed by atoms with van der Waals surface area (Å²) in [5, 5.41) is 4.53. The van der Waals surface area contributed by atoms with Gasteiger partial charge in [-0.25, -0.2) is 4.98 Å². The molecular formula is C27H35Cl2N7O. The second-order valence-electron chi connectivity index (χ2n) is 10.2. The van der Waals surface area contributed by atoms with E-state index >= 15 is 0 Å². The number of hydrogen-bond donors (Lipinski definition) is 2. The SMILES string of the molecule is CC[C@H]1CN(c2ncc(C3=NC(C)CN3)cc2Cl)CCN1C1CCN(C(=O)c2ccc(Cl)cc2N)CC1. The number of rotatable bonds is 5. The largest absolute Gasteiger partial charge is 0.398 e. The van der Waals surface area contributed by atoms with Gasteiger partial charge >= 0.3 is 0 Å². The van der Waals surface area contributed by atoms with Crippen molar-refractivity contribution in [1.29, 1.82) is 0 Å². The molecule has 37 heavy (non-hydrogen) atoms. The number of piperidine rings is 1. The highest BCUT2D eigenvalue weighted by Crippen LogP contribution is 2.30. The van der Waals surface area contributed by atoms with Crippen molar-refractivity contribution >= 4 is 46.4 Å². The first kappa shape index (κ1) is 26.1. The normalized spacial score (nSPS) is 23.2. The van der Waals surface area contributed by atoms with Crippen LogP contribution in [0.15, 0.2) is 35.5 Å². The van der Waals surface area contributed by atoms with Crippen molar-refractivity contribution in [2.75, 3.05) is 49.9 Å². The first-order valence-electron chi connectivity index (χ1n) is 13.2. The molecule has 2 fully saturated rings. The number of nitrogens with zero attached hydrogens (tertiary/aromatic N) is 5. The number of hydrogen-bond acceptors (Lipinski definition) is 7. The molecule has 5 rings (SSSR count). The molecule has 2 atom stereocenters. The predicted molar refractivity (Wildman–Crippen MR) is 151 cm³/mol. The molecule has 2 saturated heterocycles. The van der Waals surface area contributed by atoms with Crippen LogP contribution in [0.2, 0.25) is 10.0 Å². The van der Waals surface area contributed by atoms with E-state index in [0.717, 1.165) is 75.7 Å². The van der Waals surface area contributed by atoms with Crippen LogP contribution >= 0.6 is 23.2 Å². The molecule has 3 aliphatic heterocycles. The summed E-state index contributed by atoms with van der Waals surface area (Å²) in [7, 11) is 0. The fourth-order valence-corrected chi connectivity index (χ4v) is 6.20. The average Bonchev–Trinajstić information content (AvgIpc) is 3.34. The van der Waals surface area contributed by atoms with E-state index in [4.69, 9.17) is 33.9 Å². The van der Waals surface area contributed by atoms with Crippen molar-refractivity contribution in [3.63, 3.8) is 0 Å². The summed E-state index contributed by atoms with van der Waals surface area (Å²) < 4.78 is 0. The second-order valence-corrected chi connectivity index (χ2v) is 11.1. The van der Waals surface area contributed by atoms with E-state index < -0.39 is 0 Å². The second kappa shape index (κ2) is 11.1. The summed E-state index contributed by atoms with van der Waals surface area (Å²) in [6.07, 6.45) is 4.83. The minimum atomic E-state index is -0.0122. The Kier molecular flexibility index (Phi) is 7.79. The Bertz CT molecular complexity index is 1180. The Labute approximate surface area is 228 Å². The smallest absolute Gasteiger partial charge is 0.255 e. The number of amidine groups is 1. The van der Waals surface area contributed by atoms with E-state index in [1.54, 1.807) is 18.2 Å². The topological polar surface area (TPSA) is 90.1 Å². The molecule has 0 spiro atoms. The highest BCUT2D eigenvalue weighted by atomic mass is 35.5. The molecule has 1 aromatic carbocycles. The predicted octanol–water partition coefficient (Wildman–Crippen LogP) is 3.91. The Morgan fingerprint density at radius 3 is 2.59 bits per heavy atom. The molecular weight excluding hydrogens is 509 g/mol. The van der Waals surface area contributed by atoms with Gasteiger partial charge in [0, 0.05) is 73.8 Å². The maximum absolute atomic E-state index is 13.0. The van der Waals surface area contributed by atoms with E-state index in [9.17, 15) is 4.79 Å². The quantitative estimate of drug-likeness (QED) is 0.555. The molecule has 10 heteroatoms. The molecule has 0 radical (unpaired) electrons. The van der Waals surface area contributed by atoms with E-state index in [-0.39, 0.29) is 11.9 Å². The van der Waals surface area contributed by atoms with Gasteiger partial charge in [0.25, 0.3) is 5.91 Å². The van der Waals surface area contributed by atoms with Crippen LogP contribution in [0.3, 0.4) is 0 Å². The fraction of sp³-hybridized carbons (Fsp3) is 0.519. The first-order valence-corrected chi connectivity index (χ1v) is 13.9. The van der Waals surface area contributed by atoms with Gasteiger partial charge in [-0.3, -0.25) is 14.7 Å². The lowest BCUT2D eigenvalue weighted by Gasteiger charge is -2.47. The number of amides is 1. The number of carbonyl (C=O) groups excluding carboxylic acids is 1. The summed E-state index contributed by atoms with van der Waals surface area (Å²) in [5.41, 5.74) is 7.96. The number of nitrogens with one attached hydrogen (secondary N) is 1. The van der Waals surface area contributed by atoms with Gasteiger partial charge in [-0.05, 0) is 50.5 Å². The van der Waals surface area contributed by atoms with Gasteiger partial charge in [0.2, 0.25) is 0 Å². The molecule has 4 heterocycles. The van der Waals surface area contributed by atoms with Crippen LogP contribution in [-0.4, -0.2) is 83.9 Å². The van der Waals surface area contributed by atoms with Gasteiger partial charge in [0.1, 0.15) is 11.7 Å². The summed E-state index contributed by atoms with van der Waals surface area (Å²) >= 11 is 12.7. The Balaban J connectivity index is 1.20. The van der Waals surface area contributed by atoms with Gasteiger partial charge in [-0.15, -0.1) is 0 Å². The van der Waals surface area contributed by atoms with E-state index in [1.807, 2.05) is 17.2 Å². The molecule has 1 unspecified atom stereocenters. The number of pyridine rings is 1. The highest BCUT2D eigenvalue weighted by molar-refractivity contribution is 6.33. The highest BCUT2D eigenvalue weighted by Gasteiger charge is 2.35. The zero-order valence-corrected chi connectivity index (χ0v) is 23.0. The van der Waals surface area contributed by atoms with Crippen molar-refractivity contribution in [2.45, 2.75) is 51.2 Å². The number of aromatic nitrogens is 1. The average molecular weight is 545 g/mol. The molecule has 3 aliphatic rings. The van der Waals surface area contributed by atoms with Crippen LogP contribution in [0, 0.1) is 0 Å². The number of halogens is 2. The van der Waals surface area contributed by atoms with Crippen molar-refractivity contribution in [3.8, 4) is 0 Å². The number of piperazine rings is 1. The monoisotopic (exact) mass is 543 g/mol. The third-order valence-corrected chi connectivity index (χ3v) is 8.29. The number of benzene rings is 1. The lowest BCUT2D eigenvalue weighted by Crippen LogP contribution is -2.58. The van der Waals surface area contributed by atoms with Crippen LogP contribution in [0.25, 0.3) is 0 Å². The van der Waals surface area contributed by atoms with Crippen LogP contribution in [0.4, 0.5) is 11.5 Å². The van der Waals surface area contributed by atoms with Gasteiger partial charge in [-0.2, -0.15) is 0 Å². The molecule has 198 valence electrons. The van der Waals surface area contributed by atoms with Crippen molar-refractivity contribution in [2.24, 2.45) is 4.99 Å². The molecule has 1 aromatic heterocycles. The minimum Gasteiger partial charge on any atom is -0.398 e. The minimum absolute atomic E-state index is 0.0122. The Morgan fingerprint density at radius 1 is 1.16 bits per heavy atom. The van der Waals surface area contributed by atoms with Gasteiger partial charge in [0.15, 0.2) is 0 Å². The van der Waals surface area contributed by atoms with Crippen molar-refractivity contribution in [3.05, 3.63) is 51.6 Å². The first-order chi connectivity index (χ1) is 17.8. The third-order valence-electron chi connectivity index (χ3n) is 7.77. The van der Waals surface area contributed by atoms with Crippen LogP contribution < -0.4 is 16.0 Å². The summed E-state index contributed by atoms with van der Waals surface area (Å²) in [6, 6.07) is 8.20. The number of aliphatic imine (C=N–C) groups is 1. The maximum Gasteiger partial charge on any atom is 0.255 e. The van der Waals surface area contributed by atoms with E-state index in [1.165, 1.54) is 0 Å². The molecule has 3 N–H and O–H groups in total. The lowest BCUT2D eigenvalue weighted by molar-refractivity contribution is 0.0491.